The third-order valence-electron chi connectivity index (χ3n) is 4.06. The molecule has 3 rings (SSSR count). The number of aryl methyl sites for hydroxylation is 1. The van der Waals surface area contributed by atoms with E-state index in [9.17, 15) is 4.79 Å². The molecule has 0 atom stereocenters. The molecule has 3 aromatic rings. The van der Waals surface area contributed by atoms with Crippen molar-refractivity contribution in [3.63, 3.8) is 0 Å². The molecule has 0 aliphatic carbocycles. The van der Waals surface area contributed by atoms with Gasteiger partial charge in [-0.1, -0.05) is 55.2 Å². The molecule has 0 aliphatic heterocycles. The molecular formula is C19H20Cl2N4OS. The molecule has 1 aromatic carbocycles. The number of hydrogen-bond acceptors (Lipinski definition) is 4. The van der Waals surface area contributed by atoms with Gasteiger partial charge in [0.2, 0.25) is 0 Å². The Bertz CT molecular complexity index is 965. The maximum atomic E-state index is 12.6. The van der Waals surface area contributed by atoms with Crippen molar-refractivity contribution in [1.82, 2.24) is 20.1 Å². The summed E-state index contributed by atoms with van der Waals surface area (Å²) in [6, 6.07) is 7.49. The van der Waals surface area contributed by atoms with Crippen LogP contribution in [0.2, 0.25) is 10.2 Å². The molecule has 1 amide bonds. The summed E-state index contributed by atoms with van der Waals surface area (Å²) >= 11 is 14.2. The summed E-state index contributed by atoms with van der Waals surface area (Å²) in [7, 11) is 0. The second-order valence-corrected chi connectivity index (χ2v) is 8.17. The van der Waals surface area contributed by atoms with Gasteiger partial charge in [0.1, 0.15) is 5.15 Å². The van der Waals surface area contributed by atoms with E-state index in [-0.39, 0.29) is 5.91 Å². The van der Waals surface area contributed by atoms with Crippen LogP contribution in [-0.4, -0.2) is 20.7 Å². The lowest BCUT2D eigenvalue weighted by molar-refractivity contribution is 0.0950. The zero-order valence-electron chi connectivity index (χ0n) is 15.3. The average Bonchev–Trinajstić information content (AvgIpc) is 3.20. The Morgan fingerprint density at radius 2 is 2.04 bits per heavy atom. The van der Waals surface area contributed by atoms with Crippen LogP contribution in [-0.2, 0) is 13.1 Å². The van der Waals surface area contributed by atoms with Crippen LogP contribution >= 0.6 is 34.5 Å². The van der Waals surface area contributed by atoms with Gasteiger partial charge in [-0.2, -0.15) is 5.10 Å². The molecule has 0 radical (unpaired) electrons. The summed E-state index contributed by atoms with van der Waals surface area (Å²) in [4.78, 5) is 17.2. The highest BCUT2D eigenvalue weighted by atomic mass is 35.5. The zero-order chi connectivity index (χ0) is 19.6. The maximum Gasteiger partial charge on any atom is 0.256 e. The van der Waals surface area contributed by atoms with Gasteiger partial charge in [-0.15, -0.1) is 11.3 Å². The highest BCUT2D eigenvalue weighted by Gasteiger charge is 2.21. The smallest absolute Gasteiger partial charge is 0.256 e. The quantitative estimate of drug-likeness (QED) is 0.603. The van der Waals surface area contributed by atoms with Crippen LogP contribution in [0.4, 0.5) is 0 Å². The van der Waals surface area contributed by atoms with E-state index >= 15 is 0 Å². The molecule has 0 bridgehead atoms. The van der Waals surface area contributed by atoms with E-state index < -0.39 is 0 Å². The number of thiazole rings is 1. The maximum absolute atomic E-state index is 12.6. The van der Waals surface area contributed by atoms with Crippen LogP contribution in [0.5, 0.6) is 0 Å². The van der Waals surface area contributed by atoms with Crippen molar-refractivity contribution >= 4 is 40.4 Å². The Morgan fingerprint density at radius 3 is 2.70 bits per heavy atom. The minimum absolute atomic E-state index is 0.262. The molecule has 8 heteroatoms. The van der Waals surface area contributed by atoms with Crippen molar-refractivity contribution in [1.29, 1.82) is 0 Å². The molecule has 5 nitrogen and oxygen atoms in total. The van der Waals surface area contributed by atoms with E-state index in [1.807, 2.05) is 29.6 Å². The van der Waals surface area contributed by atoms with Crippen LogP contribution in [0.1, 0.15) is 52.1 Å². The van der Waals surface area contributed by atoms with Gasteiger partial charge in [-0.05, 0) is 18.6 Å². The summed E-state index contributed by atoms with van der Waals surface area (Å²) in [6.45, 7) is 6.71. The lowest BCUT2D eigenvalue weighted by atomic mass is 10.2. The molecule has 0 aliphatic rings. The number of aromatic nitrogens is 3. The highest BCUT2D eigenvalue weighted by molar-refractivity contribution is 7.09. The molecule has 1 N–H and O–H groups in total. The summed E-state index contributed by atoms with van der Waals surface area (Å²) in [5.41, 5.74) is 2.68. The van der Waals surface area contributed by atoms with E-state index in [0.717, 1.165) is 16.3 Å². The Hall–Kier alpha value is -1.89. The fraction of sp³-hybridized carbons (Fsp3) is 0.316. The molecule has 0 saturated heterocycles. The molecule has 2 heterocycles. The molecule has 0 saturated carbocycles. The SMILES string of the molecule is Cc1nn(Cc2ccccc2Cl)c(Cl)c1C(=O)NCc1csc(C(C)C)n1. The molecule has 0 unspecified atom stereocenters. The number of halogens is 2. The summed E-state index contributed by atoms with van der Waals surface area (Å²) in [5.74, 6) is 0.112. The minimum atomic E-state index is -0.262. The number of rotatable bonds is 6. The fourth-order valence-corrected chi connectivity index (χ4v) is 3.98. The number of carbonyl (C=O) groups is 1. The highest BCUT2D eigenvalue weighted by Crippen LogP contribution is 2.24. The zero-order valence-corrected chi connectivity index (χ0v) is 17.6. The van der Waals surface area contributed by atoms with Gasteiger partial charge in [0, 0.05) is 16.3 Å². The first-order chi connectivity index (χ1) is 12.9. The van der Waals surface area contributed by atoms with Crippen LogP contribution in [0.25, 0.3) is 0 Å². The van der Waals surface area contributed by atoms with Crippen LogP contribution < -0.4 is 5.32 Å². The second-order valence-electron chi connectivity index (χ2n) is 6.51. The third-order valence-corrected chi connectivity index (χ3v) is 6.01. The van der Waals surface area contributed by atoms with Crippen molar-refractivity contribution in [2.24, 2.45) is 0 Å². The third kappa shape index (κ3) is 4.51. The van der Waals surface area contributed by atoms with E-state index in [2.05, 4.69) is 29.2 Å². The van der Waals surface area contributed by atoms with Gasteiger partial charge in [0.05, 0.1) is 35.0 Å². The standard InChI is InChI=1S/C19H20Cl2N4OS/c1-11(2)19-23-14(10-27-19)8-22-18(26)16-12(3)24-25(17(16)21)9-13-6-4-5-7-15(13)20/h4-7,10-11H,8-9H2,1-3H3,(H,22,26). The van der Waals surface area contributed by atoms with Crippen LogP contribution in [0, 0.1) is 6.92 Å². The first-order valence-corrected chi connectivity index (χ1v) is 10.2. The molecule has 2 aromatic heterocycles. The lowest BCUT2D eigenvalue weighted by Crippen LogP contribution is -2.23. The van der Waals surface area contributed by atoms with Gasteiger partial charge >= 0.3 is 0 Å². The topological polar surface area (TPSA) is 59.8 Å². The van der Waals surface area contributed by atoms with Crippen molar-refractivity contribution in [2.45, 2.75) is 39.8 Å². The minimum Gasteiger partial charge on any atom is -0.346 e. The molecule has 27 heavy (non-hydrogen) atoms. The molecule has 142 valence electrons. The van der Waals surface area contributed by atoms with Crippen LogP contribution in [0.15, 0.2) is 29.6 Å². The number of amides is 1. The van der Waals surface area contributed by atoms with Crippen molar-refractivity contribution in [3.8, 4) is 0 Å². The first kappa shape index (κ1) is 19.9. The predicted octanol–water partition coefficient (Wildman–Crippen LogP) is 5.06. The number of carbonyl (C=O) groups excluding carboxylic acids is 1. The van der Waals surface area contributed by atoms with Crippen LogP contribution in [0.3, 0.4) is 0 Å². The largest absolute Gasteiger partial charge is 0.346 e. The van der Waals surface area contributed by atoms with Gasteiger partial charge in [-0.3, -0.25) is 4.79 Å². The number of hydrogen-bond donors (Lipinski definition) is 1. The van der Waals surface area contributed by atoms with Crippen molar-refractivity contribution in [3.05, 3.63) is 67.3 Å². The lowest BCUT2D eigenvalue weighted by Gasteiger charge is -2.06. The Kier molecular flexibility index (Phi) is 6.19. The fourth-order valence-electron chi connectivity index (χ4n) is 2.63. The van der Waals surface area contributed by atoms with E-state index in [1.54, 1.807) is 22.9 Å². The second kappa shape index (κ2) is 8.42. The van der Waals surface area contributed by atoms with Gasteiger partial charge in [0.15, 0.2) is 0 Å². The van der Waals surface area contributed by atoms with E-state index in [4.69, 9.17) is 23.2 Å². The average molecular weight is 423 g/mol. The summed E-state index contributed by atoms with van der Waals surface area (Å²) in [6.07, 6.45) is 0. The summed E-state index contributed by atoms with van der Waals surface area (Å²) < 4.78 is 1.59. The van der Waals surface area contributed by atoms with E-state index in [0.29, 0.717) is 40.4 Å². The number of nitrogens with zero attached hydrogens (tertiary/aromatic N) is 3. The number of benzene rings is 1. The normalized spacial score (nSPS) is 11.2. The van der Waals surface area contributed by atoms with Crippen molar-refractivity contribution in [2.75, 3.05) is 0 Å². The monoisotopic (exact) mass is 422 g/mol. The Morgan fingerprint density at radius 1 is 1.30 bits per heavy atom. The Labute approximate surface area is 172 Å². The number of nitrogens with one attached hydrogen (secondary N) is 1. The molecule has 0 fully saturated rings. The van der Waals surface area contributed by atoms with Gasteiger partial charge in [0.25, 0.3) is 5.91 Å². The van der Waals surface area contributed by atoms with Crippen molar-refractivity contribution < 1.29 is 4.79 Å². The molecule has 0 spiro atoms. The predicted molar refractivity (Wildman–Crippen MR) is 110 cm³/mol. The van der Waals surface area contributed by atoms with Gasteiger partial charge < -0.3 is 5.32 Å². The van der Waals surface area contributed by atoms with Gasteiger partial charge in [-0.25, -0.2) is 9.67 Å². The van der Waals surface area contributed by atoms with E-state index in [1.165, 1.54) is 0 Å². The summed E-state index contributed by atoms with van der Waals surface area (Å²) in [5, 5.41) is 11.2. The first-order valence-electron chi connectivity index (χ1n) is 8.55. The molecular weight excluding hydrogens is 403 g/mol. The Balaban J connectivity index is 1.73.